The molecule has 3 rings (SSSR count). The van der Waals surface area contributed by atoms with Crippen LogP contribution in [0.25, 0.3) is 0 Å². The Morgan fingerprint density at radius 3 is 2.46 bits per heavy atom. The molecule has 1 heterocycles. The molecule has 144 valence electrons. The van der Waals surface area contributed by atoms with Crippen LogP contribution in [0.1, 0.15) is 49.4 Å². The average molecular weight is 380 g/mol. The summed E-state index contributed by atoms with van der Waals surface area (Å²) in [5.41, 5.74) is 0.446. The highest BCUT2D eigenvalue weighted by atomic mass is 32.2. The van der Waals surface area contributed by atoms with Gasteiger partial charge in [0.15, 0.2) is 0 Å². The lowest BCUT2D eigenvalue weighted by molar-refractivity contribution is 0.0643. The second-order valence-electron chi connectivity index (χ2n) is 7.21. The van der Waals surface area contributed by atoms with Gasteiger partial charge in [-0.25, -0.2) is 13.1 Å². The smallest absolute Gasteiger partial charge is 0.253 e. The fraction of sp³-hybridized carbons (Fsp3) is 0.632. The van der Waals surface area contributed by atoms with E-state index < -0.39 is 10.0 Å². The van der Waals surface area contributed by atoms with Gasteiger partial charge in [0.05, 0.1) is 4.90 Å². The Morgan fingerprint density at radius 2 is 1.81 bits per heavy atom. The minimum atomic E-state index is -3.59. The van der Waals surface area contributed by atoms with Crippen LogP contribution in [-0.4, -0.2) is 62.9 Å². The second kappa shape index (κ2) is 8.50. The lowest BCUT2D eigenvalue weighted by Gasteiger charge is -2.34. The highest BCUT2D eigenvalue weighted by molar-refractivity contribution is 7.89. The average Bonchev–Trinajstić information content (AvgIpc) is 2.68. The van der Waals surface area contributed by atoms with E-state index in [0.29, 0.717) is 18.7 Å². The molecule has 6 nitrogen and oxygen atoms in total. The predicted octanol–water partition coefficient (Wildman–Crippen LogP) is 2.08. The number of hydrogen-bond donors (Lipinski definition) is 1. The van der Waals surface area contributed by atoms with Gasteiger partial charge in [-0.1, -0.05) is 32.3 Å². The van der Waals surface area contributed by atoms with Crippen molar-refractivity contribution in [2.75, 3.05) is 32.7 Å². The molecule has 0 bridgehead atoms. The van der Waals surface area contributed by atoms with Crippen molar-refractivity contribution < 1.29 is 13.2 Å². The molecule has 1 aliphatic carbocycles. The number of benzene rings is 1. The maximum atomic E-state index is 12.8. The van der Waals surface area contributed by atoms with Gasteiger partial charge in [-0.2, -0.15) is 0 Å². The van der Waals surface area contributed by atoms with Crippen LogP contribution in [0.3, 0.4) is 0 Å². The zero-order valence-corrected chi connectivity index (χ0v) is 16.3. The third kappa shape index (κ3) is 4.64. The van der Waals surface area contributed by atoms with E-state index in [0.717, 1.165) is 45.3 Å². The van der Waals surface area contributed by atoms with Crippen molar-refractivity contribution >= 4 is 15.9 Å². The van der Waals surface area contributed by atoms with Crippen LogP contribution in [-0.2, 0) is 10.0 Å². The molecule has 7 heteroatoms. The van der Waals surface area contributed by atoms with Crippen LogP contribution in [0.5, 0.6) is 0 Å². The van der Waals surface area contributed by atoms with Crippen molar-refractivity contribution in [3.05, 3.63) is 29.8 Å². The molecule has 1 aromatic carbocycles. The van der Waals surface area contributed by atoms with Crippen LogP contribution in [0, 0.1) is 0 Å². The third-order valence-corrected chi connectivity index (χ3v) is 6.94. The predicted molar refractivity (Wildman–Crippen MR) is 102 cm³/mol. The SMILES string of the molecule is CCN1CCN(C(=O)c2cccc(S(=O)(=O)NC3CCCCC3)c2)CC1. The summed E-state index contributed by atoms with van der Waals surface area (Å²) in [5, 5.41) is 0. The van der Waals surface area contributed by atoms with Gasteiger partial charge in [0.1, 0.15) is 0 Å². The van der Waals surface area contributed by atoms with E-state index in [2.05, 4.69) is 16.5 Å². The van der Waals surface area contributed by atoms with E-state index in [1.807, 2.05) is 4.90 Å². The summed E-state index contributed by atoms with van der Waals surface area (Å²) in [6, 6.07) is 6.45. The summed E-state index contributed by atoms with van der Waals surface area (Å²) in [6.45, 7) is 6.20. The molecule has 0 unspecified atom stereocenters. The zero-order chi connectivity index (χ0) is 18.6. The molecule has 0 aromatic heterocycles. The molecule has 1 saturated carbocycles. The first kappa shape index (κ1) is 19.3. The first-order chi connectivity index (χ1) is 12.5. The first-order valence-corrected chi connectivity index (χ1v) is 11.1. The molecular weight excluding hydrogens is 350 g/mol. The van der Waals surface area contributed by atoms with Crippen molar-refractivity contribution in [1.82, 2.24) is 14.5 Å². The van der Waals surface area contributed by atoms with E-state index >= 15 is 0 Å². The Kier molecular flexibility index (Phi) is 6.32. The number of carbonyl (C=O) groups excluding carboxylic acids is 1. The van der Waals surface area contributed by atoms with Crippen LogP contribution in [0.2, 0.25) is 0 Å². The van der Waals surface area contributed by atoms with Crippen molar-refractivity contribution in [3.63, 3.8) is 0 Å². The lowest BCUT2D eigenvalue weighted by atomic mass is 9.96. The van der Waals surface area contributed by atoms with E-state index in [4.69, 9.17) is 0 Å². The number of sulfonamides is 1. The van der Waals surface area contributed by atoms with E-state index in [1.165, 1.54) is 12.5 Å². The van der Waals surface area contributed by atoms with Gasteiger partial charge in [0.25, 0.3) is 5.91 Å². The Hall–Kier alpha value is -1.44. The highest BCUT2D eigenvalue weighted by Gasteiger charge is 2.25. The number of rotatable bonds is 5. The molecule has 1 aliphatic heterocycles. The topological polar surface area (TPSA) is 69.7 Å². The summed E-state index contributed by atoms with van der Waals surface area (Å²) < 4.78 is 28.2. The van der Waals surface area contributed by atoms with Gasteiger partial charge in [0.2, 0.25) is 10.0 Å². The van der Waals surface area contributed by atoms with Crippen molar-refractivity contribution in [2.45, 2.75) is 50.0 Å². The summed E-state index contributed by atoms with van der Waals surface area (Å²) in [6.07, 6.45) is 5.08. The summed E-state index contributed by atoms with van der Waals surface area (Å²) in [7, 11) is -3.59. The van der Waals surface area contributed by atoms with E-state index in [9.17, 15) is 13.2 Å². The minimum absolute atomic E-state index is 0.00947. The van der Waals surface area contributed by atoms with Crippen LogP contribution in [0.4, 0.5) is 0 Å². The number of likely N-dealkylation sites (N-methyl/N-ethyl adjacent to an activating group) is 1. The standard InChI is InChI=1S/C19H29N3O3S/c1-2-21-11-13-22(14-12-21)19(23)16-7-6-10-18(15-16)26(24,25)20-17-8-4-3-5-9-17/h6-7,10,15,17,20H,2-5,8-9,11-14H2,1H3. The van der Waals surface area contributed by atoms with Gasteiger partial charge in [-0.3, -0.25) is 4.79 Å². The van der Waals surface area contributed by atoms with Crippen LogP contribution in [0.15, 0.2) is 29.2 Å². The Bertz CT molecular complexity index is 721. The Labute approximate surface area is 156 Å². The number of amides is 1. The Morgan fingerprint density at radius 1 is 1.12 bits per heavy atom. The molecule has 1 aromatic rings. The van der Waals surface area contributed by atoms with Crippen molar-refractivity contribution in [3.8, 4) is 0 Å². The number of nitrogens with one attached hydrogen (secondary N) is 1. The molecule has 2 aliphatic rings. The maximum absolute atomic E-state index is 12.8. The molecule has 0 spiro atoms. The monoisotopic (exact) mass is 379 g/mol. The first-order valence-electron chi connectivity index (χ1n) is 9.63. The summed E-state index contributed by atoms with van der Waals surface area (Å²) in [4.78, 5) is 17.1. The normalized spacial score (nSPS) is 20.3. The van der Waals surface area contributed by atoms with Crippen LogP contribution >= 0.6 is 0 Å². The molecule has 1 N–H and O–H groups in total. The molecule has 1 saturated heterocycles. The molecule has 2 fully saturated rings. The minimum Gasteiger partial charge on any atom is -0.336 e. The maximum Gasteiger partial charge on any atom is 0.253 e. The fourth-order valence-corrected chi connectivity index (χ4v) is 5.10. The Balaban J connectivity index is 1.70. The largest absolute Gasteiger partial charge is 0.336 e. The number of hydrogen-bond acceptors (Lipinski definition) is 4. The number of nitrogens with zero attached hydrogens (tertiary/aromatic N) is 2. The molecule has 1 amide bonds. The molecule has 0 atom stereocenters. The van der Waals surface area contributed by atoms with Gasteiger partial charge >= 0.3 is 0 Å². The van der Waals surface area contributed by atoms with Crippen LogP contribution < -0.4 is 4.72 Å². The zero-order valence-electron chi connectivity index (χ0n) is 15.5. The van der Waals surface area contributed by atoms with Gasteiger partial charge in [-0.05, 0) is 37.6 Å². The van der Waals surface area contributed by atoms with Crippen molar-refractivity contribution in [2.24, 2.45) is 0 Å². The van der Waals surface area contributed by atoms with Gasteiger partial charge in [-0.15, -0.1) is 0 Å². The molecule has 0 radical (unpaired) electrons. The number of piperazine rings is 1. The molecule has 26 heavy (non-hydrogen) atoms. The quantitative estimate of drug-likeness (QED) is 0.850. The fourth-order valence-electron chi connectivity index (χ4n) is 3.75. The van der Waals surface area contributed by atoms with Gasteiger partial charge in [0, 0.05) is 37.8 Å². The second-order valence-corrected chi connectivity index (χ2v) is 8.92. The van der Waals surface area contributed by atoms with Crippen molar-refractivity contribution in [1.29, 1.82) is 0 Å². The lowest BCUT2D eigenvalue weighted by Crippen LogP contribution is -2.48. The van der Waals surface area contributed by atoms with E-state index in [1.54, 1.807) is 18.2 Å². The summed E-state index contributed by atoms with van der Waals surface area (Å²) >= 11 is 0. The van der Waals surface area contributed by atoms with E-state index in [-0.39, 0.29) is 16.8 Å². The third-order valence-electron chi connectivity index (χ3n) is 5.42. The number of carbonyl (C=O) groups is 1. The highest BCUT2D eigenvalue weighted by Crippen LogP contribution is 2.21. The summed E-state index contributed by atoms with van der Waals surface area (Å²) in [5.74, 6) is -0.0875. The molecular formula is C19H29N3O3S. The van der Waals surface area contributed by atoms with Gasteiger partial charge < -0.3 is 9.80 Å².